The fraction of sp³-hybridized carbons (Fsp3) is 0.500. The molecule has 1 aromatic rings. The summed E-state index contributed by atoms with van der Waals surface area (Å²) in [6, 6.07) is 10.7. The summed E-state index contributed by atoms with van der Waals surface area (Å²) in [5.74, 6) is 0.846. The predicted octanol–water partition coefficient (Wildman–Crippen LogP) is 1.55. The van der Waals surface area contributed by atoms with Gasteiger partial charge in [-0.15, -0.1) is 6.58 Å². The number of anilines is 1. The van der Waals surface area contributed by atoms with Crippen LogP contribution in [0.15, 0.2) is 48.0 Å². The van der Waals surface area contributed by atoms with Crippen LogP contribution >= 0.6 is 0 Å². The lowest BCUT2D eigenvalue weighted by Crippen LogP contribution is -2.47. The minimum atomic E-state index is 0.737. The van der Waals surface area contributed by atoms with E-state index in [1.54, 1.807) is 7.05 Å². The van der Waals surface area contributed by atoms with E-state index in [1.165, 1.54) is 5.69 Å². The van der Waals surface area contributed by atoms with Gasteiger partial charge in [0.25, 0.3) is 0 Å². The number of piperazine rings is 1. The fourth-order valence-electron chi connectivity index (χ4n) is 2.77. The molecule has 2 rings (SSSR count). The molecule has 0 spiro atoms. The maximum absolute atomic E-state index is 4.18. The van der Waals surface area contributed by atoms with E-state index < -0.39 is 0 Å². The molecule has 0 bridgehead atoms. The Hall–Kier alpha value is -2.01. The highest BCUT2D eigenvalue weighted by molar-refractivity contribution is 5.79. The van der Waals surface area contributed by atoms with Crippen LogP contribution in [0.25, 0.3) is 0 Å². The van der Waals surface area contributed by atoms with Crippen molar-refractivity contribution in [2.24, 2.45) is 4.99 Å². The van der Waals surface area contributed by atoms with Gasteiger partial charge in [0, 0.05) is 52.0 Å². The molecule has 5 heteroatoms. The van der Waals surface area contributed by atoms with Crippen molar-refractivity contribution in [3.8, 4) is 0 Å². The summed E-state index contributed by atoms with van der Waals surface area (Å²) in [6.45, 7) is 11.0. The third-order valence-electron chi connectivity index (χ3n) is 4.07. The van der Waals surface area contributed by atoms with Gasteiger partial charge in [-0.3, -0.25) is 9.89 Å². The third kappa shape index (κ3) is 5.94. The summed E-state index contributed by atoms with van der Waals surface area (Å²) in [4.78, 5) is 9.19. The smallest absolute Gasteiger partial charge is 0.191 e. The molecule has 0 amide bonds. The van der Waals surface area contributed by atoms with Crippen LogP contribution < -0.4 is 15.5 Å². The fourth-order valence-corrected chi connectivity index (χ4v) is 2.77. The standard InChI is InChI=1S/C18H29N5/c1-3-10-20-18(19-2)21-11-7-12-22-13-15-23(16-14-22)17-8-5-4-6-9-17/h3-6,8-9H,1,7,10-16H2,2H3,(H2,19,20,21). The molecule has 0 radical (unpaired) electrons. The van der Waals surface area contributed by atoms with Crippen LogP contribution in [0.2, 0.25) is 0 Å². The number of nitrogens with zero attached hydrogens (tertiary/aromatic N) is 3. The van der Waals surface area contributed by atoms with E-state index in [2.05, 4.69) is 62.3 Å². The van der Waals surface area contributed by atoms with Crippen LogP contribution in [-0.2, 0) is 0 Å². The molecular formula is C18H29N5. The Labute approximate surface area is 140 Å². The lowest BCUT2D eigenvalue weighted by molar-refractivity contribution is 0.255. The Morgan fingerprint density at radius 2 is 1.91 bits per heavy atom. The topological polar surface area (TPSA) is 42.9 Å². The molecule has 1 heterocycles. The molecule has 126 valence electrons. The van der Waals surface area contributed by atoms with E-state index in [9.17, 15) is 0 Å². The van der Waals surface area contributed by atoms with Crippen LogP contribution in [0.3, 0.4) is 0 Å². The average Bonchev–Trinajstić information content (AvgIpc) is 2.62. The molecule has 1 fully saturated rings. The number of benzene rings is 1. The predicted molar refractivity (Wildman–Crippen MR) is 99.3 cm³/mol. The Kier molecular flexibility index (Phi) is 7.46. The lowest BCUT2D eigenvalue weighted by atomic mass is 10.2. The largest absolute Gasteiger partial charge is 0.369 e. The average molecular weight is 315 g/mol. The molecule has 23 heavy (non-hydrogen) atoms. The lowest BCUT2D eigenvalue weighted by Gasteiger charge is -2.36. The van der Waals surface area contributed by atoms with Gasteiger partial charge in [0.05, 0.1) is 0 Å². The van der Waals surface area contributed by atoms with Crippen molar-refractivity contribution >= 4 is 11.6 Å². The molecule has 1 aliphatic rings. The normalized spacial score (nSPS) is 16.2. The zero-order valence-corrected chi connectivity index (χ0v) is 14.2. The Morgan fingerprint density at radius 1 is 1.17 bits per heavy atom. The van der Waals surface area contributed by atoms with E-state index in [0.717, 1.165) is 58.2 Å². The molecule has 1 saturated heterocycles. The van der Waals surface area contributed by atoms with Crippen LogP contribution in [0.1, 0.15) is 6.42 Å². The summed E-state index contributed by atoms with van der Waals surface area (Å²) in [6.07, 6.45) is 2.96. The highest BCUT2D eigenvalue weighted by Gasteiger charge is 2.16. The highest BCUT2D eigenvalue weighted by Crippen LogP contribution is 2.15. The maximum atomic E-state index is 4.18. The Bertz CT molecular complexity index is 477. The van der Waals surface area contributed by atoms with Crippen molar-refractivity contribution in [3.05, 3.63) is 43.0 Å². The van der Waals surface area contributed by atoms with E-state index >= 15 is 0 Å². The Morgan fingerprint density at radius 3 is 2.57 bits per heavy atom. The molecule has 5 nitrogen and oxygen atoms in total. The number of rotatable bonds is 7. The number of aliphatic imine (C=N–C) groups is 1. The van der Waals surface area contributed by atoms with Crippen LogP contribution in [0, 0.1) is 0 Å². The summed E-state index contributed by atoms with van der Waals surface area (Å²) >= 11 is 0. The molecule has 2 N–H and O–H groups in total. The molecular weight excluding hydrogens is 286 g/mol. The second-order valence-corrected chi connectivity index (χ2v) is 5.69. The monoisotopic (exact) mass is 315 g/mol. The number of nitrogens with one attached hydrogen (secondary N) is 2. The maximum Gasteiger partial charge on any atom is 0.191 e. The minimum Gasteiger partial charge on any atom is -0.369 e. The van der Waals surface area contributed by atoms with Crippen molar-refractivity contribution in [1.82, 2.24) is 15.5 Å². The van der Waals surface area contributed by atoms with Crippen molar-refractivity contribution in [3.63, 3.8) is 0 Å². The van der Waals surface area contributed by atoms with Gasteiger partial charge >= 0.3 is 0 Å². The van der Waals surface area contributed by atoms with Crippen LogP contribution in [0.5, 0.6) is 0 Å². The van der Waals surface area contributed by atoms with Gasteiger partial charge < -0.3 is 15.5 Å². The molecule has 0 saturated carbocycles. The van der Waals surface area contributed by atoms with Crippen molar-refractivity contribution in [2.45, 2.75) is 6.42 Å². The van der Waals surface area contributed by atoms with E-state index in [-0.39, 0.29) is 0 Å². The minimum absolute atomic E-state index is 0.737. The van der Waals surface area contributed by atoms with Crippen molar-refractivity contribution < 1.29 is 0 Å². The van der Waals surface area contributed by atoms with Gasteiger partial charge in [0.1, 0.15) is 0 Å². The van der Waals surface area contributed by atoms with Crippen molar-refractivity contribution in [1.29, 1.82) is 0 Å². The van der Waals surface area contributed by atoms with E-state index in [1.807, 2.05) is 6.08 Å². The van der Waals surface area contributed by atoms with Gasteiger partial charge in [-0.25, -0.2) is 0 Å². The molecule has 0 unspecified atom stereocenters. The van der Waals surface area contributed by atoms with Crippen LogP contribution in [0.4, 0.5) is 5.69 Å². The highest BCUT2D eigenvalue weighted by atomic mass is 15.3. The first kappa shape index (κ1) is 17.3. The first-order valence-corrected chi connectivity index (χ1v) is 8.41. The zero-order chi connectivity index (χ0) is 16.3. The second kappa shape index (κ2) is 9.90. The molecule has 0 aromatic heterocycles. The second-order valence-electron chi connectivity index (χ2n) is 5.69. The summed E-state index contributed by atoms with van der Waals surface area (Å²) in [7, 11) is 1.79. The van der Waals surface area contributed by atoms with Gasteiger partial charge in [0.15, 0.2) is 5.96 Å². The first-order valence-electron chi connectivity index (χ1n) is 8.41. The SMILES string of the molecule is C=CCNC(=NC)NCCCN1CCN(c2ccccc2)CC1. The van der Waals surface area contributed by atoms with Gasteiger partial charge in [-0.2, -0.15) is 0 Å². The molecule has 0 atom stereocenters. The van der Waals surface area contributed by atoms with Gasteiger partial charge in [-0.05, 0) is 25.1 Å². The molecule has 0 aliphatic carbocycles. The quantitative estimate of drug-likeness (QED) is 0.347. The summed E-state index contributed by atoms with van der Waals surface area (Å²) in [5.41, 5.74) is 1.34. The molecule has 1 aliphatic heterocycles. The third-order valence-corrected chi connectivity index (χ3v) is 4.07. The number of hydrogen-bond acceptors (Lipinski definition) is 3. The number of guanidine groups is 1. The molecule has 1 aromatic carbocycles. The number of para-hydroxylation sites is 1. The first-order chi connectivity index (χ1) is 11.3. The van der Waals surface area contributed by atoms with E-state index in [0.29, 0.717) is 0 Å². The van der Waals surface area contributed by atoms with Gasteiger partial charge in [0.2, 0.25) is 0 Å². The Balaban J connectivity index is 1.60. The van der Waals surface area contributed by atoms with Crippen molar-refractivity contribution in [2.75, 3.05) is 57.8 Å². The summed E-state index contributed by atoms with van der Waals surface area (Å²) < 4.78 is 0. The number of hydrogen-bond donors (Lipinski definition) is 2. The van der Waals surface area contributed by atoms with E-state index in [4.69, 9.17) is 0 Å². The zero-order valence-electron chi connectivity index (χ0n) is 14.2. The summed E-state index contributed by atoms with van der Waals surface area (Å²) in [5, 5.41) is 6.51. The van der Waals surface area contributed by atoms with Crippen LogP contribution in [-0.4, -0.2) is 63.7 Å². The van der Waals surface area contributed by atoms with Gasteiger partial charge in [-0.1, -0.05) is 24.3 Å².